The summed E-state index contributed by atoms with van der Waals surface area (Å²) in [6, 6.07) is 9.24. The van der Waals surface area contributed by atoms with Crippen molar-refractivity contribution in [1.29, 1.82) is 0 Å². The number of hydrogen-bond donors (Lipinski definition) is 2. The van der Waals surface area contributed by atoms with E-state index < -0.39 is 0 Å². The smallest absolute Gasteiger partial charge is 0.251 e. The lowest BCUT2D eigenvalue weighted by Gasteiger charge is -2.21. The molecule has 1 aliphatic rings. The molecule has 132 valence electrons. The molecule has 2 rings (SSSR count). The molecule has 0 bridgehead atoms. The Balaban J connectivity index is 1.80. The Labute approximate surface area is 144 Å². The second kappa shape index (κ2) is 9.93. The highest BCUT2D eigenvalue weighted by molar-refractivity contribution is 5.94. The summed E-state index contributed by atoms with van der Waals surface area (Å²) in [7, 11) is 1.75. The van der Waals surface area contributed by atoms with Crippen LogP contribution < -0.4 is 10.6 Å². The highest BCUT2D eigenvalue weighted by Crippen LogP contribution is 2.16. The van der Waals surface area contributed by atoms with Gasteiger partial charge in [-0.15, -0.1) is 0 Å². The van der Waals surface area contributed by atoms with Crippen molar-refractivity contribution in [2.45, 2.75) is 13.3 Å². The SMILES string of the molecule is CCNC(=NCCNC(=O)c1ccccc1)N1CCC(COC)C1. The van der Waals surface area contributed by atoms with Gasteiger partial charge in [-0.25, -0.2) is 0 Å². The lowest BCUT2D eigenvalue weighted by molar-refractivity contribution is 0.0955. The predicted molar refractivity (Wildman–Crippen MR) is 96.3 cm³/mol. The normalized spacial score (nSPS) is 17.8. The highest BCUT2D eigenvalue weighted by atomic mass is 16.5. The van der Waals surface area contributed by atoms with Crippen LogP contribution >= 0.6 is 0 Å². The fourth-order valence-electron chi connectivity index (χ4n) is 2.85. The fraction of sp³-hybridized carbons (Fsp3) is 0.556. The number of benzene rings is 1. The molecule has 1 aliphatic heterocycles. The van der Waals surface area contributed by atoms with Gasteiger partial charge in [-0.05, 0) is 25.5 Å². The molecule has 2 N–H and O–H groups in total. The largest absolute Gasteiger partial charge is 0.384 e. The topological polar surface area (TPSA) is 66.0 Å². The van der Waals surface area contributed by atoms with Gasteiger partial charge in [-0.3, -0.25) is 9.79 Å². The summed E-state index contributed by atoms with van der Waals surface area (Å²) in [5, 5.41) is 6.23. The maximum atomic E-state index is 12.0. The van der Waals surface area contributed by atoms with Crippen LogP contribution in [0.5, 0.6) is 0 Å². The molecule has 1 heterocycles. The number of aliphatic imine (C=N–C) groups is 1. The number of nitrogens with one attached hydrogen (secondary N) is 2. The molecule has 1 amide bonds. The van der Waals surface area contributed by atoms with Gasteiger partial charge in [0.15, 0.2) is 5.96 Å². The first-order valence-corrected chi connectivity index (χ1v) is 8.60. The van der Waals surface area contributed by atoms with Crippen molar-refractivity contribution in [3.63, 3.8) is 0 Å². The summed E-state index contributed by atoms with van der Waals surface area (Å²) in [6.07, 6.45) is 1.13. The number of rotatable bonds is 7. The minimum absolute atomic E-state index is 0.0582. The van der Waals surface area contributed by atoms with Gasteiger partial charge in [0.05, 0.1) is 13.2 Å². The first-order valence-electron chi connectivity index (χ1n) is 8.60. The van der Waals surface area contributed by atoms with E-state index in [-0.39, 0.29) is 5.91 Å². The van der Waals surface area contributed by atoms with Gasteiger partial charge < -0.3 is 20.3 Å². The third-order valence-corrected chi connectivity index (χ3v) is 4.02. The highest BCUT2D eigenvalue weighted by Gasteiger charge is 2.24. The lowest BCUT2D eigenvalue weighted by atomic mass is 10.1. The summed E-state index contributed by atoms with van der Waals surface area (Å²) < 4.78 is 5.25. The molecule has 0 aliphatic carbocycles. The monoisotopic (exact) mass is 332 g/mol. The molecule has 0 aromatic heterocycles. The van der Waals surface area contributed by atoms with Gasteiger partial charge in [-0.1, -0.05) is 18.2 Å². The molecule has 1 fully saturated rings. The second-order valence-corrected chi connectivity index (χ2v) is 5.91. The number of methoxy groups -OCH3 is 1. The average molecular weight is 332 g/mol. The Kier molecular flexibility index (Phi) is 7.55. The predicted octanol–water partition coefficient (Wildman–Crippen LogP) is 1.35. The Bertz CT molecular complexity index is 533. The molecule has 0 saturated carbocycles. The number of nitrogens with zero attached hydrogens (tertiary/aromatic N) is 2. The van der Waals surface area contributed by atoms with Crippen molar-refractivity contribution in [1.82, 2.24) is 15.5 Å². The van der Waals surface area contributed by atoms with Gasteiger partial charge >= 0.3 is 0 Å². The van der Waals surface area contributed by atoms with Crippen LogP contribution in [0.25, 0.3) is 0 Å². The van der Waals surface area contributed by atoms with Gasteiger partial charge in [0.25, 0.3) is 5.91 Å². The van der Waals surface area contributed by atoms with Crippen LogP contribution in [0.15, 0.2) is 35.3 Å². The van der Waals surface area contributed by atoms with E-state index in [4.69, 9.17) is 4.74 Å². The summed E-state index contributed by atoms with van der Waals surface area (Å²) >= 11 is 0. The zero-order chi connectivity index (χ0) is 17.2. The van der Waals surface area contributed by atoms with Crippen LogP contribution in [0.4, 0.5) is 0 Å². The number of carbonyl (C=O) groups excluding carboxylic acids is 1. The first-order chi connectivity index (χ1) is 11.7. The number of guanidine groups is 1. The van der Waals surface area contributed by atoms with Crippen LogP contribution in [0, 0.1) is 5.92 Å². The van der Waals surface area contributed by atoms with E-state index in [2.05, 4.69) is 27.4 Å². The average Bonchev–Trinajstić information content (AvgIpc) is 3.07. The van der Waals surface area contributed by atoms with E-state index in [0.29, 0.717) is 24.6 Å². The van der Waals surface area contributed by atoms with Crippen molar-refractivity contribution >= 4 is 11.9 Å². The van der Waals surface area contributed by atoms with Crippen LogP contribution in [-0.2, 0) is 4.74 Å². The van der Waals surface area contributed by atoms with Crippen LogP contribution in [0.3, 0.4) is 0 Å². The third kappa shape index (κ3) is 5.53. The van der Waals surface area contributed by atoms with E-state index in [1.54, 1.807) is 7.11 Å². The molecular weight excluding hydrogens is 304 g/mol. The first kappa shape index (κ1) is 18.3. The van der Waals surface area contributed by atoms with Crippen LogP contribution in [0.2, 0.25) is 0 Å². The zero-order valence-corrected chi connectivity index (χ0v) is 14.6. The molecule has 1 aromatic rings. The summed E-state index contributed by atoms with van der Waals surface area (Å²) in [6.45, 7) is 6.75. The van der Waals surface area contributed by atoms with E-state index in [0.717, 1.165) is 38.6 Å². The maximum absolute atomic E-state index is 12.0. The number of carbonyl (C=O) groups is 1. The second-order valence-electron chi connectivity index (χ2n) is 5.91. The molecule has 1 unspecified atom stereocenters. The van der Waals surface area contributed by atoms with Crippen molar-refractivity contribution in [3.05, 3.63) is 35.9 Å². The quantitative estimate of drug-likeness (QED) is 0.449. The Morgan fingerprint density at radius 3 is 2.83 bits per heavy atom. The fourth-order valence-corrected chi connectivity index (χ4v) is 2.85. The standard InChI is InChI=1S/C18H28N4O2/c1-3-19-18(22-12-9-15(13-22)14-24-2)21-11-10-20-17(23)16-7-5-4-6-8-16/h4-8,15H,3,9-14H2,1-2H3,(H,19,21)(H,20,23). The summed E-state index contributed by atoms with van der Waals surface area (Å²) in [5.41, 5.74) is 0.676. The Morgan fingerprint density at radius 2 is 2.12 bits per heavy atom. The van der Waals surface area contributed by atoms with E-state index in [1.165, 1.54) is 0 Å². The molecule has 0 spiro atoms. The van der Waals surface area contributed by atoms with Gasteiger partial charge in [0, 0.05) is 44.8 Å². The molecule has 1 atom stereocenters. The number of amides is 1. The molecule has 6 heteroatoms. The van der Waals surface area contributed by atoms with Gasteiger partial charge in [0.1, 0.15) is 0 Å². The zero-order valence-electron chi connectivity index (χ0n) is 14.6. The molecule has 24 heavy (non-hydrogen) atoms. The molecule has 6 nitrogen and oxygen atoms in total. The van der Waals surface area contributed by atoms with Crippen molar-refractivity contribution in [3.8, 4) is 0 Å². The Hall–Kier alpha value is -2.08. The summed E-state index contributed by atoms with van der Waals surface area (Å²) in [5.74, 6) is 1.43. The van der Waals surface area contributed by atoms with Gasteiger partial charge in [0.2, 0.25) is 0 Å². The molecule has 0 radical (unpaired) electrons. The third-order valence-electron chi connectivity index (χ3n) is 4.02. The number of likely N-dealkylation sites (tertiary alicyclic amines) is 1. The van der Waals surface area contributed by atoms with Crippen LogP contribution in [0.1, 0.15) is 23.7 Å². The van der Waals surface area contributed by atoms with E-state index >= 15 is 0 Å². The number of hydrogen-bond acceptors (Lipinski definition) is 3. The van der Waals surface area contributed by atoms with Gasteiger partial charge in [-0.2, -0.15) is 0 Å². The van der Waals surface area contributed by atoms with Crippen molar-refractivity contribution in [2.24, 2.45) is 10.9 Å². The van der Waals surface area contributed by atoms with Crippen molar-refractivity contribution in [2.75, 3.05) is 46.4 Å². The van der Waals surface area contributed by atoms with E-state index in [1.807, 2.05) is 30.3 Å². The number of ether oxygens (including phenoxy) is 1. The molecule has 1 saturated heterocycles. The van der Waals surface area contributed by atoms with Crippen molar-refractivity contribution < 1.29 is 9.53 Å². The minimum atomic E-state index is -0.0582. The maximum Gasteiger partial charge on any atom is 0.251 e. The lowest BCUT2D eigenvalue weighted by Crippen LogP contribution is -2.40. The minimum Gasteiger partial charge on any atom is -0.384 e. The van der Waals surface area contributed by atoms with Crippen LogP contribution in [-0.4, -0.2) is 63.2 Å². The van der Waals surface area contributed by atoms with E-state index in [9.17, 15) is 4.79 Å². The molecule has 1 aromatic carbocycles. The summed E-state index contributed by atoms with van der Waals surface area (Å²) in [4.78, 5) is 18.9. The Morgan fingerprint density at radius 1 is 1.33 bits per heavy atom. The molecular formula is C18H28N4O2.